The minimum Gasteiger partial charge on any atom is -0.455 e. The van der Waals surface area contributed by atoms with Gasteiger partial charge in [0.1, 0.15) is 11.2 Å². The van der Waals surface area contributed by atoms with Crippen molar-refractivity contribution in [3.63, 3.8) is 0 Å². The first kappa shape index (κ1) is 79.3. The highest BCUT2D eigenvalue weighted by Crippen LogP contribution is 2.56. The SMILES string of the molecule is CC(C)(C)c1ccc2c(c1)c1cc(C(C)(C)C)ccc1n2-c1ccc2c(c1)N(c1cc(-c3ccccc3)cc(-c3ccccc3)c1)c1cc(-c3c(-c4cccc5c4oc4ccccc45)cccc3-n3c4ccc(C(C)(C)C)cc4c4cc(C(C)(C)C)ccc43)cc3c1B2c1ccc(-n2c4ccccc4c4ccccc42)cc1N3c1c(-c2ccccc2)cccc1C(C)(C)C. The van der Waals surface area contributed by atoms with Crippen LogP contribution < -0.4 is 26.2 Å². The van der Waals surface area contributed by atoms with Gasteiger partial charge < -0.3 is 27.9 Å². The van der Waals surface area contributed by atoms with Crippen molar-refractivity contribution in [1.82, 2.24) is 13.7 Å². The van der Waals surface area contributed by atoms with Crippen LogP contribution in [0.5, 0.6) is 0 Å². The molecule has 0 saturated carbocycles. The molecule has 0 atom stereocenters. The van der Waals surface area contributed by atoms with Gasteiger partial charge in [0.15, 0.2) is 0 Å². The lowest BCUT2D eigenvalue weighted by Crippen LogP contribution is -2.61. The molecule has 0 saturated heterocycles. The highest BCUT2D eigenvalue weighted by molar-refractivity contribution is 7.00. The number of hydrogen-bond acceptors (Lipinski definition) is 3. The summed E-state index contributed by atoms with van der Waals surface area (Å²) < 4.78 is 15.1. The molecule has 0 spiro atoms. The molecule has 6 heterocycles. The molecule has 0 fully saturated rings. The average molecular weight is 1670 g/mol. The Labute approximate surface area is 756 Å². The second kappa shape index (κ2) is 29.1. The van der Waals surface area contributed by atoms with Crippen LogP contribution in [-0.2, 0) is 27.1 Å². The van der Waals surface area contributed by atoms with Crippen LogP contribution >= 0.6 is 0 Å². The molecule has 23 rings (SSSR count). The number of para-hydroxylation sites is 5. The summed E-state index contributed by atoms with van der Waals surface area (Å²) in [4.78, 5) is 5.45. The van der Waals surface area contributed by atoms with E-state index in [-0.39, 0.29) is 28.4 Å². The van der Waals surface area contributed by atoms with Gasteiger partial charge in [0.25, 0.3) is 6.71 Å². The van der Waals surface area contributed by atoms with Crippen molar-refractivity contribution in [3.8, 4) is 72.7 Å². The van der Waals surface area contributed by atoms with Crippen molar-refractivity contribution >= 4 is 145 Å². The molecule has 2 aliphatic rings. The Kier molecular flexibility index (Phi) is 17.9. The summed E-state index contributed by atoms with van der Waals surface area (Å²) in [5.74, 6) is 0. The number of nitrogens with zero attached hydrogens (tertiary/aromatic N) is 5. The molecule has 21 aromatic rings. The Bertz CT molecular complexity index is 7950. The average Bonchev–Trinajstić information content (AvgIpc) is 1.15. The van der Waals surface area contributed by atoms with E-state index in [9.17, 15) is 0 Å². The fourth-order valence-corrected chi connectivity index (χ4v) is 21.3. The Hall–Kier alpha value is -14.4. The molecule has 0 bridgehead atoms. The first-order chi connectivity index (χ1) is 62.2. The fraction of sp³-hybridized carbons (Fsp3) is 0.164. The lowest BCUT2D eigenvalue weighted by molar-refractivity contribution is 0.590. The van der Waals surface area contributed by atoms with Crippen molar-refractivity contribution in [2.45, 2.75) is 131 Å². The summed E-state index contributed by atoms with van der Waals surface area (Å²) >= 11 is 0. The molecule has 0 aliphatic carbocycles. The zero-order valence-corrected chi connectivity index (χ0v) is 76.3. The van der Waals surface area contributed by atoms with Crippen molar-refractivity contribution in [1.29, 1.82) is 0 Å². The van der Waals surface area contributed by atoms with Crippen molar-refractivity contribution < 1.29 is 4.42 Å². The molecule has 2 aliphatic heterocycles. The quantitative estimate of drug-likeness (QED) is 0.128. The Morgan fingerprint density at radius 1 is 0.233 bits per heavy atom. The molecule has 7 heteroatoms. The number of rotatable bonds is 10. The lowest BCUT2D eigenvalue weighted by Gasteiger charge is -2.46. The maximum atomic E-state index is 7.38. The van der Waals surface area contributed by atoms with E-state index in [4.69, 9.17) is 4.42 Å². The van der Waals surface area contributed by atoms with Crippen molar-refractivity contribution in [2.75, 3.05) is 9.80 Å². The van der Waals surface area contributed by atoms with E-state index in [2.05, 4.69) is 485 Å². The normalized spacial score (nSPS) is 13.2. The van der Waals surface area contributed by atoms with E-state index >= 15 is 0 Å². The smallest absolute Gasteiger partial charge is 0.252 e. The van der Waals surface area contributed by atoms with Crippen LogP contribution in [0, 0.1) is 0 Å². The van der Waals surface area contributed by atoms with Gasteiger partial charge >= 0.3 is 0 Å². The number of furan rings is 1. The molecule has 0 radical (unpaired) electrons. The van der Waals surface area contributed by atoms with Gasteiger partial charge in [-0.1, -0.05) is 334 Å². The van der Waals surface area contributed by atoms with Gasteiger partial charge in [0.05, 0.1) is 44.5 Å². The lowest BCUT2D eigenvalue weighted by atomic mass is 9.33. The van der Waals surface area contributed by atoms with Crippen molar-refractivity contribution in [3.05, 3.63) is 386 Å². The number of hydrogen-bond donors (Lipinski definition) is 0. The topological polar surface area (TPSA) is 34.4 Å². The van der Waals surface area contributed by atoms with Crippen LogP contribution in [-0.4, -0.2) is 20.4 Å². The second-order valence-corrected chi connectivity index (χ2v) is 41.3. The van der Waals surface area contributed by atoms with Crippen LogP contribution in [0.2, 0.25) is 0 Å². The van der Waals surface area contributed by atoms with E-state index < -0.39 is 5.41 Å². The largest absolute Gasteiger partial charge is 0.455 e. The number of anilines is 6. The molecular formula is C122H104BN5O. The Morgan fingerprint density at radius 3 is 1.13 bits per heavy atom. The molecule has 0 N–H and O–H groups in total. The zero-order valence-electron chi connectivity index (χ0n) is 76.3. The Balaban J connectivity index is 0.927. The van der Waals surface area contributed by atoms with Crippen LogP contribution in [0.3, 0.4) is 0 Å². The number of aromatic nitrogens is 3. The number of benzene rings is 17. The summed E-state index contributed by atoms with van der Waals surface area (Å²) in [5.41, 5.74) is 38.3. The predicted octanol–water partition coefficient (Wildman–Crippen LogP) is 31.8. The molecule has 0 unspecified atom stereocenters. The standard InChI is InChI=1S/C122H104BN5O/c1-118(2,3)81-52-60-104-95(69-81)96-70-82(119(4,5)6)53-61-105(96)125(104)85-56-58-100-109(73-85)126(87-65-78(75-34-19-16-20-35-75)64-79(66-87)76-36-21-17-22-37-76)111-67-80(114-92(94-46-31-45-93-91-42-27-30-51-113(91)129-117(93)94)44-33-50-108(114)127-106-62-54-83(120(7,8)9)71-97(106)98-72-84(121(10,11)12)55-63-107(98)127)68-112-115(111)123(100)101-59-57-86(124-102-48-28-25-40-89(102)90-41-26-29-49-103(90)124)74-110(101)128(112)116-88(77-38-23-18-24-39-77)43-32-47-99(116)122(13,14)15/h16-74H,1-15H3. The summed E-state index contributed by atoms with van der Waals surface area (Å²) in [5, 5.41) is 9.49. The van der Waals surface area contributed by atoms with E-state index in [1.54, 1.807) is 0 Å². The molecule has 0 amide bonds. The first-order valence-corrected chi connectivity index (χ1v) is 45.9. The third-order valence-corrected chi connectivity index (χ3v) is 27.9. The third kappa shape index (κ3) is 12.8. The summed E-state index contributed by atoms with van der Waals surface area (Å²) in [7, 11) is 0. The highest BCUT2D eigenvalue weighted by atomic mass is 16.3. The molecule has 6 nitrogen and oxygen atoms in total. The van der Waals surface area contributed by atoms with Gasteiger partial charge in [-0.05, 0) is 238 Å². The molecular weight excluding hydrogens is 1560 g/mol. The molecule has 4 aromatic heterocycles. The van der Waals surface area contributed by atoms with Crippen LogP contribution in [0.15, 0.2) is 362 Å². The van der Waals surface area contributed by atoms with Gasteiger partial charge in [-0.3, -0.25) is 0 Å². The number of fused-ring (bicyclic) bond motifs is 16. The molecule has 626 valence electrons. The van der Waals surface area contributed by atoms with Crippen molar-refractivity contribution in [2.24, 2.45) is 0 Å². The molecule has 17 aromatic carbocycles. The maximum Gasteiger partial charge on any atom is 0.252 e. The van der Waals surface area contributed by atoms with E-state index in [0.717, 1.165) is 162 Å². The fourth-order valence-electron chi connectivity index (χ4n) is 21.3. The first-order valence-electron chi connectivity index (χ1n) is 45.9. The van der Waals surface area contributed by atoms with E-state index in [1.807, 2.05) is 0 Å². The highest BCUT2D eigenvalue weighted by Gasteiger charge is 2.46. The van der Waals surface area contributed by atoms with Gasteiger partial charge in [0.2, 0.25) is 0 Å². The van der Waals surface area contributed by atoms with Crippen LogP contribution in [0.25, 0.3) is 160 Å². The van der Waals surface area contributed by atoms with E-state index in [1.165, 1.54) is 76.5 Å². The minimum absolute atomic E-state index is 0.0968. The minimum atomic E-state index is -0.392. The summed E-state index contributed by atoms with van der Waals surface area (Å²) in [6.07, 6.45) is 0. The zero-order chi connectivity index (χ0) is 88.2. The molecule has 129 heavy (non-hydrogen) atoms. The van der Waals surface area contributed by atoms with E-state index in [0.29, 0.717) is 0 Å². The Morgan fingerprint density at radius 2 is 0.636 bits per heavy atom. The van der Waals surface area contributed by atoms with Gasteiger partial charge in [-0.2, -0.15) is 0 Å². The predicted molar refractivity (Wildman–Crippen MR) is 551 cm³/mol. The summed E-state index contributed by atoms with van der Waals surface area (Å²) in [6, 6.07) is 137. The maximum absolute atomic E-state index is 7.38. The third-order valence-electron chi connectivity index (χ3n) is 27.9. The van der Waals surface area contributed by atoms with Gasteiger partial charge in [0, 0.05) is 99.6 Å². The second-order valence-electron chi connectivity index (χ2n) is 41.3. The van der Waals surface area contributed by atoms with Gasteiger partial charge in [-0.15, -0.1) is 0 Å². The van der Waals surface area contributed by atoms with Gasteiger partial charge in [-0.25, -0.2) is 0 Å². The monoisotopic (exact) mass is 1670 g/mol. The summed E-state index contributed by atoms with van der Waals surface area (Å²) in [6.45, 7) is 35.0. The van der Waals surface area contributed by atoms with Crippen LogP contribution in [0.1, 0.15) is 132 Å². The van der Waals surface area contributed by atoms with Crippen LogP contribution in [0.4, 0.5) is 34.1 Å².